The van der Waals surface area contributed by atoms with E-state index in [1.807, 2.05) is 18.2 Å². The second-order valence-corrected chi connectivity index (χ2v) is 5.03. The van der Waals surface area contributed by atoms with Gasteiger partial charge in [0.1, 0.15) is 0 Å². The molecule has 0 aromatic heterocycles. The monoisotopic (exact) mass is 249 g/mol. The largest absolute Gasteiger partial charge is 0.463 e. The van der Waals surface area contributed by atoms with Crippen molar-refractivity contribution in [3.63, 3.8) is 0 Å². The summed E-state index contributed by atoms with van der Waals surface area (Å²) in [7, 11) is 0. The molecule has 0 fully saturated rings. The molecule has 3 nitrogen and oxygen atoms in total. The zero-order valence-corrected chi connectivity index (χ0v) is 10.5. The molecule has 0 bridgehead atoms. The topological polar surface area (TPSA) is 52.3 Å². The molecule has 1 heterocycles. The summed E-state index contributed by atoms with van der Waals surface area (Å²) in [6.07, 6.45) is 0.652. The maximum atomic E-state index is 11.7. The zero-order valence-electron chi connectivity index (χ0n) is 9.68. The predicted molar refractivity (Wildman–Crippen MR) is 69.2 cm³/mol. The first kappa shape index (κ1) is 12.0. The third-order valence-corrected chi connectivity index (χ3v) is 3.87. The Labute approximate surface area is 105 Å². The lowest BCUT2D eigenvalue weighted by atomic mass is 10.1. The number of rotatable bonds is 3. The van der Waals surface area contributed by atoms with Gasteiger partial charge in [-0.05, 0) is 18.9 Å². The lowest BCUT2D eigenvalue weighted by Crippen LogP contribution is -2.09. The van der Waals surface area contributed by atoms with E-state index in [-0.39, 0.29) is 11.2 Å². The molecule has 1 unspecified atom stereocenters. The number of thioether (sulfide) groups is 1. The van der Waals surface area contributed by atoms with Gasteiger partial charge >= 0.3 is 5.97 Å². The summed E-state index contributed by atoms with van der Waals surface area (Å²) in [6.45, 7) is 2.18. The normalized spacial score (nSPS) is 19.5. The van der Waals surface area contributed by atoms with E-state index < -0.39 is 0 Å². The van der Waals surface area contributed by atoms with Crippen molar-refractivity contribution in [3.8, 4) is 0 Å². The number of nitrogens with two attached hydrogens (primary N) is 1. The van der Waals surface area contributed by atoms with Gasteiger partial charge in [0.15, 0.2) is 0 Å². The van der Waals surface area contributed by atoms with Crippen LogP contribution in [0.4, 0.5) is 0 Å². The van der Waals surface area contributed by atoms with Gasteiger partial charge in [0.05, 0.1) is 17.2 Å². The molecule has 90 valence electrons. The van der Waals surface area contributed by atoms with Crippen LogP contribution < -0.4 is 5.73 Å². The highest BCUT2D eigenvalue weighted by Gasteiger charge is 2.29. The van der Waals surface area contributed by atoms with Crippen LogP contribution in [-0.2, 0) is 9.53 Å². The van der Waals surface area contributed by atoms with Gasteiger partial charge in [-0.1, -0.05) is 42.1 Å². The molecule has 0 radical (unpaired) electrons. The van der Waals surface area contributed by atoms with Crippen molar-refractivity contribution in [2.45, 2.75) is 18.6 Å². The smallest absolute Gasteiger partial charge is 0.336 e. The number of hydrogen-bond acceptors (Lipinski definition) is 4. The third kappa shape index (κ3) is 2.64. The Morgan fingerprint density at radius 3 is 2.82 bits per heavy atom. The Balaban J connectivity index is 2.09. The number of hydrogen-bond donors (Lipinski definition) is 1. The fraction of sp³-hybridized carbons (Fsp3) is 0.308. The average Bonchev–Trinajstić information content (AvgIpc) is 2.73. The lowest BCUT2D eigenvalue weighted by Gasteiger charge is -2.08. The van der Waals surface area contributed by atoms with Crippen LogP contribution in [0.5, 0.6) is 0 Å². The maximum absolute atomic E-state index is 11.7. The summed E-state index contributed by atoms with van der Waals surface area (Å²) in [4.78, 5) is 11.7. The van der Waals surface area contributed by atoms with Crippen molar-refractivity contribution in [1.29, 1.82) is 0 Å². The molecule has 1 aromatic rings. The van der Waals surface area contributed by atoms with Gasteiger partial charge in [-0.3, -0.25) is 0 Å². The summed E-state index contributed by atoms with van der Waals surface area (Å²) >= 11 is 1.54. The van der Waals surface area contributed by atoms with Crippen LogP contribution in [0.25, 0.3) is 0 Å². The quantitative estimate of drug-likeness (QED) is 0.837. The molecule has 2 rings (SSSR count). The molecule has 2 N–H and O–H groups in total. The van der Waals surface area contributed by atoms with Crippen molar-refractivity contribution in [2.24, 2.45) is 5.73 Å². The van der Waals surface area contributed by atoms with Crippen molar-refractivity contribution in [2.75, 3.05) is 6.61 Å². The Hall–Kier alpha value is -1.42. The van der Waals surface area contributed by atoms with Gasteiger partial charge in [0, 0.05) is 5.25 Å². The summed E-state index contributed by atoms with van der Waals surface area (Å²) in [5.41, 5.74) is 7.69. The molecule has 0 aliphatic carbocycles. The SMILES string of the molecule is CCOC(=O)C1=C(N)SC(c2ccccc2)C1. The molecule has 17 heavy (non-hydrogen) atoms. The van der Waals surface area contributed by atoms with Crippen molar-refractivity contribution >= 4 is 17.7 Å². The van der Waals surface area contributed by atoms with E-state index in [9.17, 15) is 4.79 Å². The minimum Gasteiger partial charge on any atom is -0.463 e. The molecule has 1 aromatic carbocycles. The van der Waals surface area contributed by atoms with Crippen LogP contribution in [0.3, 0.4) is 0 Å². The highest BCUT2D eigenvalue weighted by atomic mass is 32.2. The Kier molecular flexibility index (Phi) is 3.74. The minimum atomic E-state index is -0.282. The van der Waals surface area contributed by atoms with Crippen LogP contribution in [0, 0.1) is 0 Å². The van der Waals surface area contributed by atoms with E-state index >= 15 is 0 Å². The predicted octanol–water partition coefficient (Wildman–Crippen LogP) is 2.60. The van der Waals surface area contributed by atoms with Crippen LogP contribution in [0.15, 0.2) is 40.9 Å². The Morgan fingerprint density at radius 2 is 2.18 bits per heavy atom. The number of carbonyl (C=O) groups excluding carboxylic acids is 1. The van der Waals surface area contributed by atoms with E-state index in [0.29, 0.717) is 23.6 Å². The lowest BCUT2D eigenvalue weighted by molar-refractivity contribution is -0.138. The molecule has 0 saturated heterocycles. The van der Waals surface area contributed by atoms with Crippen molar-refractivity contribution < 1.29 is 9.53 Å². The van der Waals surface area contributed by atoms with Crippen LogP contribution >= 0.6 is 11.8 Å². The fourth-order valence-electron chi connectivity index (χ4n) is 1.81. The number of benzene rings is 1. The Morgan fingerprint density at radius 1 is 1.47 bits per heavy atom. The molecule has 0 spiro atoms. The molecule has 0 amide bonds. The maximum Gasteiger partial charge on any atom is 0.336 e. The second-order valence-electron chi connectivity index (χ2n) is 3.78. The fourth-order valence-corrected chi connectivity index (χ4v) is 2.97. The van der Waals surface area contributed by atoms with Gasteiger partial charge < -0.3 is 10.5 Å². The first-order valence-electron chi connectivity index (χ1n) is 5.59. The van der Waals surface area contributed by atoms with Crippen molar-refractivity contribution in [1.82, 2.24) is 0 Å². The molecule has 1 aliphatic rings. The van der Waals surface area contributed by atoms with E-state index in [2.05, 4.69) is 12.1 Å². The molecule has 4 heteroatoms. The number of carbonyl (C=O) groups is 1. The number of esters is 1. The van der Waals surface area contributed by atoms with Gasteiger partial charge in [-0.25, -0.2) is 4.79 Å². The van der Waals surface area contributed by atoms with Gasteiger partial charge in [0.2, 0.25) is 0 Å². The number of ether oxygens (including phenoxy) is 1. The highest BCUT2D eigenvalue weighted by molar-refractivity contribution is 8.03. The standard InChI is InChI=1S/C13H15NO2S/c1-2-16-13(15)10-8-11(17-12(10)14)9-6-4-3-5-7-9/h3-7,11H,2,8,14H2,1H3. The van der Waals surface area contributed by atoms with Gasteiger partial charge in [0.25, 0.3) is 0 Å². The van der Waals surface area contributed by atoms with Crippen LogP contribution in [0.1, 0.15) is 24.2 Å². The van der Waals surface area contributed by atoms with E-state index in [0.717, 1.165) is 0 Å². The summed E-state index contributed by atoms with van der Waals surface area (Å²) in [5, 5.41) is 0.827. The minimum absolute atomic E-state index is 0.232. The highest BCUT2D eigenvalue weighted by Crippen LogP contribution is 2.45. The molecule has 1 atom stereocenters. The van der Waals surface area contributed by atoms with E-state index in [1.54, 1.807) is 6.92 Å². The van der Waals surface area contributed by atoms with E-state index in [4.69, 9.17) is 10.5 Å². The van der Waals surface area contributed by atoms with Crippen LogP contribution in [-0.4, -0.2) is 12.6 Å². The first-order valence-corrected chi connectivity index (χ1v) is 6.47. The summed E-state index contributed by atoms with van der Waals surface area (Å²) < 4.78 is 4.99. The molecule has 1 aliphatic heterocycles. The summed E-state index contributed by atoms with van der Waals surface area (Å²) in [6, 6.07) is 10.1. The average molecular weight is 249 g/mol. The Bertz CT molecular complexity index is 442. The molecular formula is C13H15NO2S. The zero-order chi connectivity index (χ0) is 12.3. The van der Waals surface area contributed by atoms with Crippen molar-refractivity contribution in [3.05, 3.63) is 46.5 Å². The van der Waals surface area contributed by atoms with Gasteiger partial charge in [-0.2, -0.15) is 0 Å². The second kappa shape index (κ2) is 5.27. The third-order valence-electron chi connectivity index (χ3n) is 2.65. The van der Waals surface area contributed by atoms with E-state index in [1.165, 1.54) is 17.3 Å². The summed E-state index contributed by atoms with van der Waals surface area (Å²) in [5.74, 6) is -0.282. The van der Waals surface area contributed by atoms with Crippen LogP contribution in [0.2, 0.25) is 0 Å². The molecule has 0 saturated carbocycles. The molecular weight excluding hydrogens is 234 g/mol. The van der Waals surface area contributed by atoms with Gasteiger partial charge in [-0.15, -0.1) is 0 Å². The first-order chi connectivity index (χ1) is 8.22.